The molecule has 1 saturated carbocycles. The molecule has 1 aliphatic carbocycles. The predicted octanol–water partition coefficient (Wildman–Crippen LogP) is 3.03. The van der Waals surface area contributed by atoms with Crippen LogP contribution in [0.1, 0.15) is 30.4 Å². The first-order valence-corrected chi connectivity index (χ1v) is 8.28. The quantitative estimate of drug-likeness (QED) is 0.872. The SMILES string of the molecule is CSC1CCCC1NCc1cccc2c1NCC2. The average molecular weight is 262 g/mol. The van der Waals surface area contributed by atoms with E-state index in [1.165, 1.54) is 42.5 Å². The molecule has 2 nitrogen and oxygen atoms in total. The maximum Gasteiger partial charge on any atom is 0.0419 e. The lowest BCUT2D eigenvalue weighted by Crippen LogP contribution is -2.33. The van der Waals surface area contributed by atoms with Crippen LogP contribution in [0.5, 0.6) is 0 Å². The van der Waals surface area contributed by atoms with Crippen LogP contribution in [0.4, 0.5) is 5.69 Å². The zero-order valence-electron chi connectivity index (χ0n) is 11.0. The van der Waals surface area contributed by atoms with Gasteiger partial charge in [0, 0.05) is 30.1 Å². The van der Waals surface area contributed by atoms with Crippen LogP contribution >= 0.6 is 11.8 Å². The van der Waals surface area contributed by atoms with E-state index in [-0.39, 0.29) is 0 Å². The Morgan fingerprint density at radius 3 is 3.22 bits per heavy atom. The molecule has 0 aromatic heterocycles. The Balaban J connectivity index is 1.65. The van der Waals surface area contributed by atoms with Gasteiger partial charge in [-0.05, 0) is 36.6 Å². The number of nitrogens with one attached hydrogen (secondary N) is 2. The van der Waals surface area contributed by atoms with E-state index < -0.39 is 0 Å². The molecular weight excluding hydrogens is 240 g/mol. The van der Waals surface area contributed by atoms with Crippen molar-refractivity contribution in [3.8, 4) is 0 Å². The molecule has 98 valence electrons. The van der Waals surface area contributed by atoms with Gasteiger partial charge in [-0.15, -0.1) is 0 Å². The van der Waals surface area contributed by atoms with Crippen molar-refractivity contribution in [1.29, 1.82) is 0 Å². The fourth-order valence-corrected chi connectivity index (χ4v) is 4.20. The van der Waals surface area contributed by atoms with Gasteiger partial charge < -0.3 is 10.6 Å². The molecule has 0 amide bonds. The third-order valence-electron chi connectivity index (χ3n) is 4.24. The minimum atomic E-state index is 0.706. The lowest BCUT2D eigenvalue weighted by molar-refractivity contribution is 0.533. The summed E-state index contributed by atoms with van der Waals surface area (Å²) < 4.78 is 0. The van der Waals surface area contributed by atoms with Crippen molar-refractivity contribution in [1.82, 2.24) is 5.32 Å². The van der Waals surface area contributed by atoms with Gasteiger partial charge in [0.15, 0.2) is 0 Å². The number of benzene rings is 1. The molecule has 2 aliphatic rings. The molecule has 1 aliphatic heterocycles. The zero-order chi connectivity index (χ0) is 12.4. The fourth-order valence-electron chi connectivity index (χ4n) is 3.24. The van der Waals surface area contributed by atoms with Gasteiger partial charge in [0.2, 0.25) is 0 Å². The van der Waals surface area contributed by atoms with Crippen LogP contribution in [0.2, 0.25) is 0 Å². The summed E-state index contributed by atoms with van der Waals surface area (Å²) in [6.45, 7) is 2.11. The summed E-state index contributed by atoms with van der Waals surface area (Å²) in [6, 6.07) is 7.41. The Morgan fingerprint density at radius 2 is 2.33 bits per heavy atom. The molecule has 1 aromatic carbocycles. The van der Waals surface area contributed by atoms with E-state index in [4.69, 9.17) is 0 Å². The maximum absolute atomic E-state index is 3.77. The first-order valence-electron chi connectivity index (χ1n) is 6.99. The molecule has 0 radical (unpaired) electrons. The summed E-state index contributed by atoms with van der Waals surface area (Å²) in [5, 5.41) is 8.11. The molecule has 2 N–H and O–H groups in total. The Bertz CT molecular complexity index is 419. The standard InChI is InChI=1S/C15H22N2S/c1-18-14-7-3-6-13(14)17-10-12-5-2-4-11-8-9-16-15(11)12/h2,4-5,13-14,16-17H,3,6-10H2,1H3. The second kappa shape index (κ2) is 5.54. The second-order valence-corrected chi connectivity index (χ2v) is 6.40. The highest BCUT2D eigenvalue weighted by atomic mass is 32.2. The average Bonchev–Trinajstić information content (AvgIpc) is 3.04. The van der Waals surface area contributed by atoms with Crippen LogP contribution in [-0.2, 0) is 13.0 Å². The van der Waals surface area contributed by atoms with E-state index >= 15 is 0 Å². The van der Waals surface area contributed by atoms with E-state index in [2.05, 4.69) is 35.1 Å². The van der Waals surface area contributed by atoms with Gasteiger partial charge in [0.05, 0.1) is 0 Å². The van der Waals surface area contributed by atoms with Crippen LogP contribution in [0.15, 0.2) is 18.2 Å². The van der Waals surface area contributed by atoms with Crippen molar-refractivity contribution >= 4 is 17.4 Å². The molecule has 18 heavy (non-hydrogen) atoms. The summed E-state index contributed by atoms with van der Waals surface area (Å²) in [5.74, 6) is 0. The highest BCUT2D eigenvalue weighted by molar-refractivity contribution is 7.99. The summed E-state index contributed by atoms with van der Waals surface area (Å²) in [5.41, 5.74) is 4.32. The summed E-state index contributed by atoms with van der Waals surface area (Å²) in [4.78, 5) is 0. The Morgan fingerprint density at radius 1 is 1.39 bits per heavy atom. The molecule has 1 aromatic rings. The van der Waals surface area contributed by atoms with Crippen LogP contribution in [-0.4, -0.2) is 24.1 Å². The maximum atomic E-state index is 3.77. The highest BCUT2D eigenvalue weighted by Crippen LogP contribution is 2.30. The molecule has 3 heteroatoms. The summed E-state index contributed by atoms with van der Waals surface area (Å²) in [6.07, 6.45) is 7.53. The summed E-state index contributed by atoms with van der Waals surface area (Å²) in [7, 11) is 0. The molecule has 0 saturated heterocycles. The number of hydrogen-bond donors (Lipinski definition) is 2. The number of rotatable bonds is 4. The Kier molecular flexibility index (Phi) is 3.80. The number of anilines is 1. The van der Waals surface area contributed by atoms with E-state index in [0.717, 1.165) is 18.3 Å². The highest BCUT2D eigenvalue weighted by Gasteiger charge is 2.26. The lowest BCUT2D eigenvalue weighted by atomic mass is 10.1. The third-order valence-corrected chi connectivity index (χ3v) is 5.41. The lowest BCUT2D eigenvalue weighted by Gasteiger charge is -2.20. The smallest absolute Gasteiger partial charge is 0.0419 e. The number of para-hydroxylation sites is 1. The molecule has 0 bridgehead atoms. The fraction of sp³-hybridized carbons (Fsp3) is 0.600. The summed E-state index contributed by atoms with van der Waals surface area (Å²) >= 11 is 2.02. The van der Waals surface area contributed by atoms with Gasteiger partial charge in [-0.2, -0.15) is 11.8 Å². The second-order valence-electron chi connectivity index (χ2n) is 5.32. The van der Waals surface area contributed by atoms with Crippen molar-refractivity contribution in [3.63, 3.8) is 0 Å². The van der Waals surface area contributed by atoms with Crippen LogP contribution in [0.3, 0.4) is 0 Å². The van der Waals surface area contributed by atoms with Gasteiger partial charge in [0.1, 0.15) is 0 Å². The number of fused-ring (bicyclic) bond motifs is 1. The van der Waals surface area contributed by atoms with Crippen molar-refractivity contribution in [3.05, 3.63) is 29.3 Å². The molecule has 0 spiro atoms. The van der Waals surface area contributed by atoms with Crippen molar-refractivity contribution < 1.29 is 0 Å². The van der Waals surface area contributed by atoms with Gasteiger partial charge >= 0.3 is 0 Å². The predicted molar refractivity (Wildman–Crippen MR) is 80.4 cm³/mol. The first kappa shape index (κ1) is 12.4. The Hall–Kier alpha value is -0.670. The monoisotopic (exact) mass is 262 g/mol. The van der Waals surface area contributed by atoms with Crippen molar-refractivity contribution in [2.75, 3.05) is 18.1 Å². The van der Waals surface area contributed by atoms with Crippen LogP contribution < -0.4 is 10.6 Å². The minimum absolute atomic E-state index is 0.706. The number of thioether (sulfide) groups is 1. The van der Waals surface area contributed by atoms with Crippen LogP contribution in [0.25, 0.3) is 0 Å². The largest absolute Gasteiger partial charge is 0.384 e. The van der Waals surface area contributed by atoms with E-state index in [0.29, 0.717) is 6.04 Å². The molecular formula is C15H22N2S. The molecule has 3 rings (SSSR count). The van der Waals surface area contributed by atoms with Gasteiger partial charge in [0.25, 0.3) is 0 Å². The zero-order valence-corrected chi connectivity index (χ0v) is 11.9. The molecule has 2 unspecified atom stereocenters. The molecule has 2 atom stereocenters. The van der Waals surface area contributed by atoms with Crippen molar-refractivity contribution in [2.45, 2.75) is 43.5 Å². The van der Waals surface area contributed by atoms with Gasteiger partial charge in [-0.25, -0.2) is 0 Å². The third kappa shape index (κ3) is 2.39. The topological polar surface area (TPSA) is 24.1 Å². The molecule has 1 fully saturated rings. The van der Waals surface area contributed by atoms with Crippen molar-refractivity contribution in [2.24, 2.45) is 0 Å². The van der Waals surface area contributed by atoms with Gasteiger partial charge in [-0.3, -0.25) is 0 Å². The van der Waals surface area contributed by atoms with E-state index in [1.54, 1.807) is 0 Å². The van der Waals surface area contributed by atoms with Crippen LogP contribution in [0, 0.1) is 0 Å². The van der Waals surface area contributed by atoms with Gasteiger partial charge in [-0.1, -0.05) is 24.6 Å². The van der Waals surface area contributed by atoms with E-state index in [1.807, 2.05) is 11.8 Å². The first-order chi connectivity index (χ1) is 8.88. The van der Waals surface area contributed by atoms with E-state index in [9.17, 15) is 0 Å². The number of hydrogen-bond acceptors (Lipinski definition) is 3. The Labute approximate surface area is 114 Å². The molecule has 1 heterocycles. The minimum Gasteiger partial charge on any atom is -0.384 e. The normalized spacial score (nSPS) is 26.1.